The second-order valence-electron chi connectivity index (χ2n) is 28.6. The van der Waals surface area contributed by atoms with Crippen molar-refractivity contribution in [1.29, 1.82) is 0 Å². The van der Waals surface area contributed by atoms with Crippen molar-refractivity contribution in [3.8, 4) is 69.0 Å². The third kappa shape index (κ3) is 13.5. The molecule has 17 rings (SSSR count). The first-order valence-electron chi connectivity index (χ1n) is 36.0. The van der Waals surface area contributed by atoms with E-state index in [4.69, 9.17) is 57.9 Å². The molecule has 0 saturated carbocycles. The SMILES string of the molecule is CC(C)(Oc1ccc(Oc2c(Oc3ccc(OC(C)(C)c4ccccc4)cc3)c(Oc3ccc(OC(C)(C)c4ccccc4)cc3)c3c4[nH]c(c3c2Oc2ccc(OC(C)(C)c3ccccc3)cc2)=Nc2[nH]c(c3ccccc23)N=c2[nH]c(c3ccccc23)=Nc2[nH]c(c3ccccc23)N=4)cc1)c1ccccc1. The molecule has 0 radical (unpaired) electrons. The van der Waals surface area contributed by atoms with Gasteiger partial charge in [-0.2, -0.15) is 0 Å². The molecule has 1 aliphatic heterocycles. The Kier molecular flexibility index (Phi) is 17.2. The van der Waals surface area contributed by atoms with Crippen molar-refractivity contribution < 1.29 is 37.9 Å². The van der Waals surface area contributed by atoms with Gasteiger partial charge in [0.25, 0.3) is 0 Å². The fraction of sp³-hybridized carbons (Fsp3) is 0.130. The number of benzene rings is 12. The number of rotatable bonds is 20. The first-order chi connectivity index (χ1) is 52.4. The van der Waals surface area contributed by atoms with Crippen LogP contribution in [-0.2, 0) is 22.4 Å². The first kappa shape index (κ1) is 67.6. The van der Waals surface area contributed by atoms with E-state index in [1.54, 1.807) is 0 Å². The lowest BCUT2D eigenvalue weighted by Crippen LogP contribution is -2.25. The molecular formula is C92H76N8O8. The van der Waals surface area contributed by atoms with E-state index in [1.807, 2.05) is 298 Å². The Labute approximate surface area is 622 Å². The van der Waals surface area contributed by atoms with Gasteiger partial charge in [0.1, 0.15) is 114 Å². The number of hydrogen-bond acceptors (Lipinski definition) is 12. The van der Waals surface area contributed by atoms with Crippen LogP contribution in [0.3, 0.4) is 0 Å². The highest BCUT2D eigenvalue weighted by Crippen LogP contribution is 2.56. The smallest absolute Gasteiger partial charge is 0.217 e. The summed E-state index contributed by atoms with van der Waals surface area (Å²) < 4.78 is 57.3. The standard InChI is InChI=1S/C92H76N8O8/c1-89(2,57-27-13-9-14-28-57)105-65-49-41-61(42-50-65)101-77-75-76(88-99-86-74-40-26-24-38-72(74)84(97-86)95-82-70-36-22-21-35-69(70)81(93-82)94-83-71-37-23-25-39-73(71)85(96-83)98-87(75)100-88)78(102-62-43-51-66(52-44-62)106-90(3,4)58-29-15-10-16-30-58)80(104-64-47-55-68(56-48-64)108-92(7,8)60-33-19-12-20-34-60)79(77)103-63-45-53-67(54-46-63)107-91(5,6)59-31-17-11-18-32-59/h9-56H,1-8H3,(H4,93,94,95,96,97,98,99,100). The number of hydrogen-bond donors (Lipinski definition) is 4. The number of aromatic nitrogens is 4. The highest BCUT2D eigenvalue weighted by molar-refractivity contribution is 6.03. The minimum atomic E-state index is -0.698. The predicted octanol–water partition coefficient (Wildman–Crippen LogP) is 22.2. The Bertz CT molecular complexity index is 5900. The highest BCUT2D eigenvalue weighted by atomic mass is 16.6. The number of ether oxygens (including phenoxy) is 8. The molecule has 108 heavy (non-hydrogen) atoms. The maximum absolute atomic E-state index is 7.58. The minimum absolute atomic E-state index is 0.0944. The number of fused-ring (bicyclic) bond motifs is 20. The molecule has 4 aromatic heterocycles. The molecule has 5 heterocycles. The van der Waals surface area contributed by atoms with Crippen molar-refractivity contribution in [2.75, 3.05) is 0 Å². The van der Waals surface area contributed by atoms with E-state index < -0.39 is 22.4 Å². The largest absolute Gasteiger partial charge is 0.483 e. The van der Waals surface area contributed by atoms with Crippen LogP contribution in [0.4, 0.5) is 23.3 Å². The van der Waals surface area contributed by atoms with Crippen molar-refractivity contribution in [2.45, 2.75) is 77.8 Å². The number of H-pyrrole nitrogens is 4. The van der Waals surface area contributed by atoms with Crippen LogP contribution in [0.25, 0.3) is 43.1 Å². The van der Waals surface area contributed by atoms with Crippen LogP contribution in [0.15, 0.2) is 311 Å². The molecule has 532 valence electrons. The van der Waals surface area contributed by atoms with Crippen molar-refractivity contribution in [2.24, 2.45) is 20.0 Å². The Morgan fingerprint density at radius 2 is 0.407 bits per heavy atom. The molecule has 0 saturated heterocycles. The van der Waals surface area contributed by atoms with Gasteiger partial charge in [-0.05, 0) is 175 Å². The van der Waals surface area contributed by atoms with Gasteiger partial charge in [-0.3, -0.25) is 0 Å². The average molecular weight is 1420 g/mol. The summed E-state index contributed by atoms with van der Waals surface area (Å²) in [5.74, 6) is 6.60. The third-order valence-corrected chi connectivity index (χ3v) is 19.5. The summed E-state index contributed by atoms with van der Waals surface area (Å²) in [6, 6.07) is 94.6. The van der Waals surface area contributed by atoms with E-state index in [2.05, 4.69) is 68.5 Å². The zero-order chi connectivity index (χ0) is 73.7. The molecule has 8 bridgehead atoms. The van der Waals surface area contributed by atoms with E-state index in [0.717, 1.165) is 54.6 Å². The Morgan fingerprint density at radius 1 is 0.204 bits per heavy atom. The molecule has 0 atom stereocenters. The van der Waals surface area contributed by atoms with E-state index >= 15 is 0 Å². The quantitative estimate of drug-likeness (QED) is 0.0580. The molecule has 16 nitrogen and oxygen atoms in total. The maximum Gasteiger partial charge on any atom is 0.217 e. The van der Waals surface area contributed by atoms with Crippen molar-refractivity contribution in [3.05, 3.63) is 335 Å². The van der Waals surface area contributed by atoms with Crippen LogP contribution in [0.1, 0.15) is 77.6 Å². The van der Waals surface area contributed by atoms with Gasteiger partial charge in [0.05, 0.1) is 10.8 Å². The zero-order valence-corrected chi connectivity index (χ0v) is 60.8. The number of nitrogens with zero attached hydrogens (tertiary/aromatic N) is 4. The second kappa shape index (κ2) is 27.5. The van der Waals surface area contributed by atoms with Crippen LogP contribution in [0.2, 0.25) is 0 Å². The molecular weight excluding hydrogens is 1350 g/mol. The summed E-state index contributed by atoms with van der Waals surface area (Å²) in [6.07, 6.45) is 0. The Hall–Kier alpha value is -13.6. The predicted molar refractivity (Wildman–Crippen MR) is 423 cm³/mol. The lowest BCUT2D eigenvalue weighted by molar-refractivity contribution is 0.108. The van der Waals surface area contributed by atoms with Crippen LogP contribution >= 0.6 is 0 Å². The molecule has 0 aliphatic carbocycles. The van der Waals surface area contributed by atoms with Gasteiger partial charge < -0.3 is 57.8 Å². The summed E-state index contributed by atoms with van der Waals surface area (Å²) in [4.78, 5) is 36.8. The van der Waals surface area contributed by atoms with Crippen LogP contribution in [-0.4, -0.2) is 19.9 Å². The zero-order valence-electron chi connectivity index (χ0n) is 60.8. The molecule has 12 aromatic carbocycles. The summed E-state index contributed by atoms with van der Waals surface area (Å²) in [6.45, 7) is 16.3. The van der Waals surface area contributed by atoms with E-state index in [9.17, 15) is 0 Å². The van der Waals surface area contributed by atoms with Gasteiger partial charge in [-0.1, -0.05) is 194 Å². The van der Waals surface area contributed by atoms with E-state index in [-0.39, 0.29) is 23.0 Å². The lowest BCUT2D eigenvalue weighted by atomic mass is 9.98. The van der Waals surface area contributed by atoms with Crippen LogP contribution < -0.4 is 59.8 Å². The molecule has 0 unspecified atom stereocenters. The summed E-state index contributed by atoms with van der Waals surface area (Å²) in [5, 5.41) is 5.73. The molecule has 16 heteroatoms. The van der Waals surface area contributed by atoms with Gasteiger partial charge in [0.2, 0.25) is 11.5 Å². The molecule has 4 N–H and O–H groups in total. The molecule has 0 amide bonds. The fourth-order valence-corrected chi connectivity index (χ4v) is 13.8. The van der Waals surface area contributed by atoms with Gasteiger partial charge in [-0.15, -0.1) is 0 Å². The van der Waals surface area contributed by atoms with Gasteiger partial charge in [-0.25, -0.2) is 20.0 Å². The van der Waals surface area contributed by atoms with Gasteiger partial charge >= 0.3 is 0 Å². The van der Waals surface area contributed by atoms with Crippen LogP contribution in [0.5, 0.6) is 69.0 Å². The van der Waals surface area contributed by atoms with Crippen molar-refractivity contribution in [3.63, 3.8) is 0 Å². The first-order valence-corrected chi connectivity index (χ1v) is 36.0. The molecule has 1 aliphatic rings. The summed E-state index contributed by atoms with van der Waals surface area (Å²) >= 11 is 0. The second-order valence-corrected chi connectivity index (χ2v) is 28.6. The average Bonchev–Trinajstić information content (AvgIpc) is 1.50. The normalized spacial score (nSPS) is 12.4. The Morgan fingerprint density at radius 3 is 0.667 bits per heavy atom. The molecule has 0 spiro atoms. The van der Waals surface area contributed by atoms with Crippen molar-refractivity contribution in [1.82, 2.24) is 19.9 Å². The lowest BCUT2D eigenvalue weighted by Gasteiger charge is -2.27. The third-order valence-electron chi connectivity index (χ3n) is 19.5. The fourth-order valence-electron chi connectivity index (χ4n) is 13.8. The van der Waals surface area contributed by atoms with E-state index in [1.165, 1.54) is 0 Å². The minimum Gasteiger partial charge on any atom is -0.483 e. The van der Waals surface area contributed by atoms with E-state index in [0.29, 0.717) is 102 Å². The highest BCUT2D eigenvalue weighted by Gasteiger charge is 2.34. The van der Waals surface area contributed by atoms with Gasteiger partial charge in [0, 0.05) is 32.3 Å². The Balaban J connectivity index is 0.947. The molecule has 16 aromatic rings. The number of aromatic amines is 4. The van der Waals surface area contributed by atoms with Crippen molar-refractivity contribution >= 4 is 66.4 Å². The molecule has 0 fully saturated rings. The summed E-state index contributed by atoms with van der Waals surface area (Å²) in [5.41, 5.74) is 3.05. The topological polar surface area (TPSA) is 186 Å². The van der Waals surface area contributed by atoms with Gasteiger partial charge in [0.15, 0.2) is 11.5 Å². The summed E-state index contributed by atoms with van der Waals surface area (Å²) in [7, 11) is 0. The number of nitrogens with one attached hydrogen (secondary N) is 4. The monoisotopic (exact) mass is 1420 g/mol. The van der Waals surface area contributed by atoms with Crippen LogP contribution in [0, 0.1) is 0 Å². The maximum atomic E-state index is 7.58.